The molecule has 0 aliphatic heterocycles. The molecule has 3 aromatic rings. The number of carbonyl (C=O) groups is 1. The molecule has 5 nitrogen and oxygen atoms in total. The van der Waals surface area contributed by atoms with E-state index in [0.29, 0.717) is 27.2 Å². The first-order chi connectivity index (χ1) is 11.0. The Morgan fingerprint density at radius 1 is 1.35 bits per heavy atom. The Morgan fingerprint density at radius 2 is 2.17 bits per heavy atom. The molecule has 1 aromatic carbocycles. The van der Waals surface area contributed by atoms with Gasteiger partial charge in [-0.2, -0.15) is 5.10 Å². The van der Waals surface area contributed by atoms with Gasteiger partial charge in [0, 0.05) is 30.7 Å². The number of amides is 1. The van der Waals surface area contributed by atoms with Crippen LogP contribution in [0.25, 0.3) is 0 Å². The van der Waals surface area contributed by atoms with Crippen molar-refractivity contribution in [3.63, 3.8) is 0 Å². The number of benzene rings is 1. The molecule has 1 N–H and O–H groups in total. The van der Waals surface area contributed by atoms with Gasteiger partial charge in [-0.1, -0.05) is 35.3 Å². The van der Waals surface area contributed by atoms with Gasteiger partial charge < -0.3 is 0 Å². The summed E-state index contributed by atoms with van der Waals surface area (Å²) in [6, 6.07) is 5.52. The van der Waals surface area contributed by atoms with E-state index in [2.05, 4.69) is 15.4 Å². The molecule has 0 saturated heterocycles. The summed E-state index contributed by atoms with van der Waals surface area (Å²) < 4.78 is 1.57. The first-order valence-electron chi connectivity index (χ1n) is 6.70. The van der Waals surface area contributed by atoms with Crippen LogP contribution in [0.15, 0.2) is 36.8 Å². The molecule has 2 aromatic heterocycles. The summed E-state index contributed by atoms with van der Waals surface area (Å²) >= 11 is 13.6. The van der Waals surface area contributed by atoms with Crippen molar-refractivity contribution in [2.24, 2.45) is 7.05 Å². The van der Waals surface area contributed by atoms with Crippen LogP contribution in [-0.2, 0) is 13.5 Å². The fourth-order valence-electron chi connectivity index (χ4n) is 2.03. The van der Waals surface area contributed by atoms with E-state index in [1.54, 1.807) is 30.2 Å². The zero-order valence-electron chi connectivity index (χ0n) is 12.1. The van der Waals surface area contributed by atoms with E-state index < -0.39 is 0 Å². The number of nitrogens with one attached hydrogen (secondary N) is 1. The molecule has 0 saturated carbocycles. The number of aryl methyl sites for hydroxylation is 1. The predicted octanol–water partition coefficient (Wildman–Crippen LogP) is 4.03. The van der Waals surface area contributed by atoms with Gasteiger partial charge in [0.25, 0.3) is 5.91 Å². The average Bonchev–Trinajstić information content (AvgIpc) is 3.13. The highest BCUT2D eigenvalue weighted by molar-refractivity contribution is 7.15. The van der Waals surface area contributed by atoms with Gasteiger partial charge in [0.15, 0.2) is 5.13 Å². The highest BCUT2D eigenvalue weighted by atomic mass is 35.5. The van der Waals surface area contributed by atoms with Crippen molar-refractivity contribution in [3.8, 4) is 0 Å². The molecule has 0 aliphatic carbocycles. The molecule has 8 heteroatoms. The number of hydrogen-bond donors (Lipinski definition) is 1. The Balaban J connectivity index is 1.71. The Kier molecular flexibility index (Phi) is 4.66. The second-order valence-electron chi connectivity index (χ2n) is 4.88. The van der Waals surface area contributed by atoms with Crippen LogP contribution in [0, 0.1) is 0 Å². The maximum absolute atomic E-state index is 12.1. The van der Waals surface area contributed by atoms with Gasteiger partial charge in [0.2, 0.25) is 0 Å². The van der Waals surface area contributed by atoms with Gasteiger partial charge in [0.05, 0.1) is 21.8 Å². The van der Waals surface area contributed by atoms with E-state index in [1.165, 1.54) is 17.5 Å². The summed E-state index contributed by atoms with van der Waals surface area (Å²) in [6.45, 7) is 0. The fourth-order valence-corrected chi connectivity index (χ4v) is 3.24. The number of anilines is 1. The summed E-state index contributed by atoms with van der Waals surface area (Å²) in [6.07, 6.45) is 5.49. The highest BCUT2D eigenvalue weighted by Crippen LogP contribution is 2.29. The third kappa shape index (κ3) is 3.72. The number of thiazole rings is 1. The van der Waals surface area contributed by atoms with Crippen LogP contribution in [0.2, 0.25) is 10.0 Å². The molecule has 118 valence electrons. The van der Waals surface area contributed by atoms with Crippen molar-refractivity contribution >= 4 is 45.6 Å². The summed E-state index contributed by atoms with van der Waals surface area (Å²) in [7, 11) is 1.76. The van der Waals surface area contributed by atoms with Crippen LogP contribution in [0.3, 0.4) is 0 Å². The lowest BCUT2D eigenvalue weighted by Crippen LogP contribution is -2.10. The van der Waals surface area contributed by atoms with E-state index in [1.807, 2.05) is 12.1 Å². The first kappa shape index (κ1) is 16.0. The molecule has 23 heavy (non-hydrogen) atoms. The normalized spacial score (nSPS) is 10.7. The van der Waals surface area contributed by atoms with Gasteiger partial charge in [-0.25, -0.2) is 4.98 Å². The number of carbonyl (C=O) groups excluding carboxylic acids is 1. The lowest BCUT2D eigenvalue weighted by molar-refractivity contribution is 0.102. The molecule has 0 fully saturated rings. The van der Waals surface area contributed by atoms with Crippen LogP contribution in [-0.4, -0.2) is 20.7 Å². The predicted molar refractivity (Wildman–Crippen MR) is 92.5 cm³/mol. The SMILES string of the molecule is Cn1cc(C(=O)Nc2ncc(Cc3cccc(Cl)c3Cl)s2)cn1. The van der Waals surface area contributed by atoms with E-state index in [-0.39, 0.29) is 5.91 Å². The van der Waals surface area contributed by atoms with Crippen LogP contribution < -0.4 is 5.32 Å². The number of aromatic nitrogens is 3. The molecule has 3 rings (SSSR count). The maximum Gasteiger partial charge on any atom is 0.260 e. The zero-order chi connectivity index (χ0) is 16.4. The largest absolute Gasteiger partial charge is 0.298 e. The van der Waals surface area contributed by atoms with Gasteiger partial charge in [-0.15, -0.1) is 11.3 Å². The van der Waals surface area contributed by atoms with Gasteiger partial charge in [-0.05, 0) is 11.6 Å². The molecule has 0 atom stereocenters. The summed E-state index contributed by atoms with van der Waals surface area (Å²) in [4.78, 5) is 17.3. The number of rotatable bonds is 4. The molecular weight excluding hydrogens is 355 g/mol. The minimum absolute atomic E-state index is 0.236. The van der Waals surface area contributed by atoms with Gasteiger partial charge >= 0.3 is 0 Å². The molecule has 0 bridgehead atoms. The first-order valence-corrected chi connectivity index (χ1v) is 8.28. The highest BCUT2D eigenvalue weighted by Gasteiger charge is 2.12. The Bertz CT molecular complexity index is 859. The van der Waals surface area contributed by atoms with Crippen LogP contribution >= 0.6 is 34.5 Å². The van der Waals surface area contributed by atoms with Crippen molar-refractivity contribution in [2.75, 3.05) is 5.32 Å². The smallest absolute Gasteiger partial charge is 0.260 e. The molecule has 2 heterocycles. The minimum atomic E-state index is -0.236. The monoisotopic (exact) mass is 366 g/mol. The third-order valence-electron chi connectivity index (χ3n) is 3.14. The maximum atomic E-state index is 12.1. The van der Waals surface area contributed by atoms with E-state index >= 15 is 0 Å². The molecule has 0 aliphatic rings. The summed E-state index contributed by atoms with van der Waals surface area (Å²) in [5.74, 6) is -0.236. The number of nitrogens with zero attached hydrogens (tertiary/aromatic N) is 3. The topological polar surface area (TPSA) is 59.8 Å². The molecule has 0 radical (unpaired) electrons. The van der Waals surface area contributed by atoms with E-state index in [0.717, 1.165) is 10.4 Å². The average molecular weight is 367 g/mol. The second-order valence-corrected chi connectivity index (χ2v) is 6.78. The van der Waals surface area contributed by atoms with Crippen molar-refractivity contribution in [1.82, 2.24) is 14.8 Å². The molecule has 0 unspecified atom stereocenters. The fraction of sp³-hybridized carbons (Fsp3) is 0.133. The summed E-state index contributed by atoms with van der Waals surface area (Å²) in [5.41, 5.74) is 1.41. The van der Waals surface area contributed by atoms with E-state index in [9.17, 15) is 4.79 Å². The van der Waals surface area contributed by atoms with Crippen molar-refractivity contribution in [3.05, 3.63) is 62.8 Å². The van der Waals surface area contributed by atoms with Crippen molar-refractivity contribution < 1.29 is 4.79 Å². The Hall–Kier alpha value is -1.89. The lowest BCUT2D eigenvalue weighted by Gasteiger charge is -2.03. The van der Waals surface area contributed by atoms with Crippen LogP contribution in [0.1, 0.15) is 20.8 Å². The van der Waals surface area contributed by atoms with Crippen molar-refractivity contribution in [1.29, 1.82) is 0 Å². The molecule has 1 amide bonds. The van der Waals surface area contributed by atoms with E-state index in [4.69, 9.17) is 23.2 Å². The second kappa shape index (κ2) is 6.70. The van der Waals surface area contributed by atoms with Crippen LogP contribution in [0.4, 0.5) is 5.13 Å². The lowest BCUT2D eigenvalue weighted by atomic mass is 10.1. The molecule has 0 spiro atoms. The Labute approximate surface area is 146 Å². The van der Waals surface area contributed by atoms with Gasteiger partial charge in [-0.3, -0.25) is 14.8 Å². The zero-order valence-corrected chi connectivity index (χ0v) is 14.4. The van der Waals surface area contributed by atoms with Crippen LogP contribution in [0.5, 0.6) is 0 Å². The third-order valence-corrected chi connectivity index (χ3v) is 4.91. The molecular formula is C15H12Cl2N4OS. The minimum Gasteiger partial charge on any atom is -0.298 e. The number of halogens is 2. The quantitative estimate of drug-likeness (QED) is 0.758. The van der Waals surface area contributed by atoms with Crippen molar-refractivity contribution in [2.45, 2.75) is 6.42 Å². The standard InChI is InChI=1S/C15H12Cl2N4OS/c1-21-8-10(6-19-21)14(22)20-15-18-7-11(23-15)5-9-3-2-4-12(16)13(9)17/h2-4,6-8H,5H2,1H3,(H,18,20,22). The summed E-state index contributed by atoms with van der Waals surface area (Å²) in [5, 5.41) is 8.34. The van der Waals surface area contributed by atoms with Gasteiger partial charge in [0.1, 0.15) is 0 Å². The Morgan fingerprint density at radius 3 is 2.91 bits per heavy atom. The number of hydrogen-bond acceptors (Lipinski definition) is 4.